The average molecular weight is 456 g/mol. The maximum atomic E-state index is 13.1. The molecule has 0 spiro atoms. The van der Waals surface area contributed by atoms with Gasteiger partial charge < -0.3 is 23.8 Å². The number of amides is 1. The number of para-hydroxylation sites is 1. The van der Waals surface area contributed by atoms with Gasteiger partial charge in [-0.2, -0.15) is 0 Å². The molecule has 0 aliphatic carbocycles. The molecule has 3 aromatic rings. The highest BCUT2D eigenvalue weighted by atomic mass is 35.5. The minimum absolute atomic E-state index is 0.0283. The van der Waals surface area contributed by atoms with Crippen LogP contribution in [0.2, 0.25) is 5.02 Å². The van der Waals surface area contributed by atoms with E-state index in [4.69, 9.17) is 25.6 Å². The summed E-state index contributed by atoms with van der Waals surface area (Å²) in [5.41, 5.74) is 3.27. The van der Waals surface area contributed by atoms with Crippen molar-refractivity contribution < 1.29 is 18.8 Å². The van der Waals surface area contributed by atoms with Crippen molar-refractivity contribution in [3.63, 3.8) is 0 Å². The van der Waals surface area contributed by atoms with Crippen LogP contribution in [0.3, 0.4) is 0 Å². The molecule has 0 atom stereocenters. The Bertz CT molecular complexity index is 1090. The standard InChI is InChI=1S/C24H26ClN3O4/c1-16-19(17(2)32-26-16)15-31-22-9-8-18(14-23(22)30-3)24(29)28-12-10-27(11-13-28)21-7-5-4-6-20(21)25/h4-9,14H,10-13,15H2,1-3H3. The van der Waals surface area contributed by atoms with E-state index in [1.807, 2.05) is 43.0 Å². The lowest BCUT2D eigenvalue weighted by atomic mass is 10.1. The Balaban J connectivity index is 1.41. The Morgan fingerprint density at radius 1 is 1.09 bits per heavy atom. The summed E-state index contributed by atoms with van der Waals surface area (Å²) in [5.74, 6) is 1.77. The zero-order valence-electron chi connectivity index (χ0n) is 18.4. The van der Waals surface area contributed by atoms with Gasteiger partial charge in [0.2, 0.25) is 0 Å². The van der Waals surface area contributed by atoms with Gasteiger partial charge in [0.1, 0.15) is 12.4 Å². The second-order valence-corrected chi connectivity index (χ2v) is 8.09. The molecule has 1 saturated heterocycles. The molecule has 1 aliphatic rings. The van der Waals surface area contributed by atoms with Crippen molar-refractivity contribution in [3.8, 4) is 11.5 Å². The van der Waals surface area contributed by atoms with Gasteiger partial charge in [0, 0.05) is 31.7 Å². The first-order valence-corrected chi connectivity index (χ1v) is 10.9. The van der Waals surface area contributed by atoms with Crippen LogP contribution < -0.4 is 14.4 Å². The van der Waals surface area contributed by atoms with E-state index < -0.39 is 0 Å². The fraction of sp³-hybridized carbons (Fsp3) is 0.333. The second-order valence-electron chi connectivity index (χ2n) is 7.69. The molecule has 168 valence electrons. The fourth-order valence-electron chi connectivity index (χ4n) is 3.82. The molecule has 4 rings (SSSR count). The quantitative estimate of drug-likeness (QED) is 0.545. The summed E-state index contributed by atoms with van der Waals surface area (Å²) in [6, 6.07) is 13.0. The van der Waals surface area contributed by atoms with Crippen molar-refractivity contribution >= 4 is 23.2 Å². The first kappa shape index (κ1) is 22.0. The number of ether oxygens (including phenoxy) is 2. The highest BCUT2D eigenvalue weighted by molar-refractivity contribution is 6.33. The molecule has 0 N–H and O–H groups in total. The molecule has 32 heavy (non-hydrogen) atoms. The molecule has 7 nitrogen and oxygen atoms in total. The fourth-order valence-corrected chi connectivity index (χ4v) is 4.07. The number of hydrogen-bond acceptors (Lipinski definition) is 6. The molecule has 0 saturated carbocycles. The van der Waals surface area contributed by atoms with Gasteiger partial charge in [-0.05, 0) is 44.2 Å². The van der Waals surface area contributed by atoms with Crippen molar-refractivity contribution in [2.75, 3.05) is 38.2 Å². The van der Waals surface area contributed by atoms with Crippen molar-refractivity contribution in [1.82, 2.24) is 10.1 Å². The normalized spacial score (nSPS) is 13.9. The molecule has 0 bridgehead atoms. The van der Waals surface area contributed by atoms with Crippen LogP contribution in [0, 0.1) is 13.8 Å². The minimum atomic E-state index is -0.0283. The van der Waals surface area contributed by atoms with E-state index >= 15 is 0 Å². The van der Waals surface area contributed by atoms with E-state index in [1.54, 1.807) is 25.3 Å². The van der Waals surface area contributed by atoms with Crippen LogP contribution in [-0.2, 0) is 6.61 Å². The van der Waals surface area contributed by atoms with Gasteiger partial charge in [0.25, 0.3) is 5.91 Å². The van der Waals surface area contributed by atoms with Crippen molar-refractivity contribution in [3.05, 3.63) is 70.1 Å². The summed E-state index contributed by atoms with van der Waals surface area (Å²) in [6.07, 6.45) is 0. The summed E-state index contributed by atoms with van der Waals surface area (Å²) in [4.78, 5) is 17.1. The lowest BCUT2D eigenvalue weighted by molar-refractivity contribution is 0.0746. The van der Waals surface area contributed by atoms with E-state index in [9.17, 15) is 4.79 Å². The van der Waals surface area contributed by atoms with Crippen LogP contribution in [0.1, 0.15) is 27.4 Å². The van der Waals surface area contributed by atoms with Crippen LogP contribution >= 0.6 is 11.6 Å². The zero-order valence-corrected chi connectivity index (χ0v) is 19.2. The average Bonchev–Trinajstić information content (AvgIpc) is 3.14. The summed E-state index contributed by atoms with van der Waals surface area (Å²) < 4.78 is 16.6. The SMILES string of the molecule is COc1cc(C(=O)N2CCN(c3ccccc3Cl)CC2)ccc1OCc1c(C)noc1C. The Morgan fingerprint density at radius 2 is 1.84 bits per heavy atom. The molecular formula is C24H26ClN3O4. The molecule has 1 aliphatic heterocycles. The number of aromatic nitrogens is 1. The molecule has 2 heterocycles. The van der Waals surface area contributed by atoms with E-state index in [2.05, 4.69) is 10.1 Å². The number of carbonyl (C=O) groups excluding carboxylic acids is 1. The Labute approximate surface area is 192 Å². The summed E-state index contributed by atoms with van der Waals surface area (Å²) in [5, 5.41) is 4.67. The van der Waals surface area contributed by atoms with Crippen molar-refractivity contribution in [2.45, 2.75) is 20.5 Å². The lowest BCUT2D eigenvalue weighted by Gasteiger charge is -2.36. The predicted octanol–water partition coefficient (Wildman–Crippen LogP) is 4.49. The topological polar surface area (TPSA) is 68.0 Å². The summed E-state index contributed by atoms with van der Waals surface area (Å²) >= 11 is 6.32. The molecule has 2 aromatic carbocycles. The van der Waals surface area contributed by atoms with Crippen LogP contribution in [0.15, 0.2) is 47.0 Å². The first-order chi connectivity index (χ1) is 15.5. The van der Waals surface area contributed by atoms with Crippen LogP contribution in [-0.4, -0.2) is 49.3 Å². The third-order valence-electron chi connectivity index (χ3n) is 5.72. The van der Waals surface area contributed by atoms with Crippen LogP contribution in [0.4, 0.5) is 5.69 Å². The second kappa shape index (κ2) is 9.53. The van der Waals surface area contributed by atoms with E-state index in [1.165, 1.54) is 0 Å². The van der Waals surface area contributed by atoms with Gasteiger partial charge in [-0.15, -0.1) is 0 Å². The number of rotatable bonds is 6. The van der Waals surface area contributed by atoms with Gasteiger partial charge in [-0.1, -0.05) is 28.9 Å². The molecule has 8 heteroatoms. The number of benzene rings is 2. The molecular weight excluding hydrogens is 430 g/mol. The van der Waals surface area contributed by atoms with Crippen molar-refractivity contribution in [2.24, 2.45) is 0 Å². The third-order valence-corrected chi connectivity index (χ3v) is 6.04. The molecule has 1 aromatic heterocycles. The minimum Gasteiger partial charge on any atom is -0.493 e. The molecule has 1 fully saturated rings. The molecule has 0 unspecified atom stereocenters. The number of methoxy groups -OCH3 is 1. The Kier molecular flexibility index (Phi) is 6.55. The van der Waals surface area contributed by atoms with E-state index in [-0.39, 0.29) is 5.91 Å². The van der Waals surface area contributed by atoms with Crippen molar-refractivity contribution in [1.29, 1.82) is 0 Å². The number of halogens is 1. The number of aryl methyl sites for hydroxylation is 2. The van der Waals surface area contributed by atoms with Gasteiger partial charge in [0.15, 0.2) is 11.5 Å². The number of anilines is 1. The van der Waals surface area contributed by atoms with Gasteiger partial charge in [-0.25, -0.2) is 0 Å². The van der Waals surface area contributed by atoms with E-state index in [0.29, 0.717) is 36.8 Å². The first-order valence-electron chi connectivity index (χ1n) is 10.5. The predicted molar refractivity (Wildman–Crippen MR) is 123 cm³/mol. The number of nitrogens with zero attached hydrogens (tertiary/aromatic N) is 3. The Hall–Kier alpha value is -3.19. The maximum Gasteiger partial charge on any atom is 0.254 e. The molecule has 1 amide bonds. The van der Waals surface area contributed by atoms with Crippen LogP contribution in [0.5, 0.6) is 11.5 Å². The zero-order chi connectivity index (χ0) is 22.7. The monoisotopic (exact) mass is 455 g/mol. The van der Waals surface area contributed by atoms with Gasteiger partial charge in [-0.3, -0.25) is 4.79 Å². The van der Waals surface area contributed by atoms with E-state index in [0.717, 1.165) is 40.8 Å². The third kappa shape index (κ3) is 4.53. The highest BCUT2D eigenvalue weighted by Gasteiger charge is 2.24. The summed E-state index contributed by atoms with van der Waals surface area (Å²) in [7, 11) is 1.56. The summed E-state index contributed by atoms with van der Waals surface area (Å²) in [6.45, 7) is 6.74. The highest BCUT2D eigenvalue weighted by Crippen LogP contribution is 2.31. The Morgan fingerprint density at radius 3 is 2.50 bits per heavy atom. The smallest absolute Gasteiger partial charge is 0.254 e. The van der Waals surface area contributed by atoms with Crippen LogP contribution in [0.25, 0.3) is 0 Å². The maximum absolute atomic E-state index is 13.1. The number of hydrogen-bond donors (Lipinski definition) is 0. The largest absolute Gasteiger partial charge is 0.493 e. The van der Waals surface area contributed by atoms with Gasteiger partial charge >= 0.3 is 0 Å². The lowest BCUT2D eigenvalue weighted by Crippen LogP contribution is -2.48. The van der Waals surface area contributed by atoms with Gasteiger partial charge in [0.05, 0.1) is 29.1 Å². The molecule has 0 radical (unpaired) electrons. The number of carbonyl (C=O) groups is 1. The number of piperazine rings is 1.